The number of ether oxygens (including phenoxy) is 1. The van der Waals surface area contributed by atoms with E-state index in [1.54, 1.807) is 0 Å². The van der Waals surface area contributed by atoms with Gasteiger partial charge in [-0.2, -0.15) is 0 Å². The molecule has 3 N–H and O–H groups in total. The first-order valence-electron chi connectivity index (χ1n) is 11.9. The van der Waals surface area contributed by atoms with Crippen molar-refractivity contribution in [1.29, 1.82) is 0 Å². The Labute approximate surface area is 203 Å². The average molecular weight is 472 g/mol. The third-order valence-electron chi connectivity index (χ3n) is 7.30. The molecule has 2 amide bonds. The summed E-state index contributed by atoms with van der Waals surface area (Å²) in [5.74, 6) is -0.197. The lowest BCUT2D eigenvalue weighted by molar-refractivity contribution is -0.124. The molecule has 180 valence electrons. The summed E-state index contributed by atoms with van der Waals surface area (Å²) < 4.78 is 5.49. The monoisotopic (exact) mass is 471 g/mol. The fourth-order valence-electron chi connectivity index (χ4n) is 5.24. The molecular weight excluding hydrogens is 442 g/mol. The summed E-state index contributed by atoms with van der Waals surface area (Å²) in [5, 5.41) is 5.96. The molecule has 1 aromatic heterocycles. The highest BCUT2D eigenvalue weighted by atomic mass is 16.5. The van der Waals surface area contributed by atoms with E-state index in [0.29, 0.717) is 37.2 Å². The van der Waals surface area contributed by atoms with E-state index in [9.17, 15) is 14.4 Å². The third kappa shape index (κ3) is 4.06. The molecule has 0 atom stereocenters. The summed E-state index contributed by atoms with van der Waals surface area (Å²) in [4.78, 5) is 41.0. The van der Waals surface area contributed by atoms with Crippen LogP contribution >= 0.6 is 0 Å². The minimum Gasteiger partial charge on any atom is -0.381 e. The van der Waals surface area contributed by atoms with E-state index in [2.05, 4.69) is 15.6 Å². The Morgan fingerprint density at radius 2 is 1.69 bits per heavy atom. The van der Waals surface area contributed by atoms with Crippen molar-refractivity contribution in [2.24, 2.45) is 0 Å². The lowest BCUT2D eigenvalue weighted by atomic mass is 9.75. The summed E-state index contributed by atoms with van der Waals surface area (Å²) in [6.45, 7) is 6.91. The van der Waals surface area contributed by atoms with Gasteiger partial charge in [0.05, 0.1) is 5.41 Å². The Morgan fingerprint density at radius 1 is 0.971 bits per heavy atom. The van der Waals surface area contributed by atoms with Crippen LogP contribution < -0.4 is 16.2 Å². The van der Waals surface area contributed by atoms with Crippen molar-refractivity contribution >= 4 is 17.5 Å². The fraction of sp³-hybridized carbons (Fsp3) is 0.321. The van der Waals surface area contributed by atoms with Gasteiger partial charge in [0.25, 0.3) is 11.5 Å². The molecule has 3 heterocycles. The van der Waals surface area contributed by atoms with E-state index in [1.165, 1.54) is 0 Å². The van der Waals surface area contributed by atoms with Crippen LogP contribution in [0.4, 0.5) is 5.69 Å². The maximum atomic E-state index is 13.1. The van der Waals surface area contributed by atoms with Gasteiger partial charge in [0, 0.05) is 42.3 Å². The van der Waals surface area contributed by atoms with Crippen molar-refractivity contribution in [2.45, 2.75) is 45.6 Å². The molecule has 7 nitrogen and oxygen atoms in total. The van der Waals surface area contributed by atoms with Crippen molar-refractivity contribution in [3.8, 4) is 11.1 Å². The molecule has 2 aliphatic heterocycles. The Bertz CT molecular complexity index is 1400. The smallest absolute Gasteiger partial charge is 0.253 e. The van der Waals surface area contributed by atoms with Crippen LogP contribution in [0.15, 0.2) is 47.3 Å². The summed E-state index contributed by atoms with van der Waals surface area (Å²) in [5.41, 5.74) is 6.56. The van der Waals surface area contributed by atoms with Crippen LogP contribution in [0.2, 0.25) is 0 Å². The van der Waals surface area contributed by atoms with Crippen molar-refractivity contribution < 1.29 is 14.3 Å². The average Bonchev–Trinajstić information content (AvgIpc) is 3.09. The van der Waals surface area contributed by atoms with E-state index < -0.39 is 5.41 Å². The van der Waals surface area contributed by atoms with Crippen LogP contribution in [0, 0.1) is 20.8 Å². The van der Waals surface area contributed by atoms with Crippen LogP contribution in [-0.4, -0.2) is 30.0 Å². The van der Waals surface area contributed by atoms with Crippen LogP contribution in [0.3, 0.4) is 0 Å². The van der Waals surface area contributed by atoms with Gasteiger partial charge in [-0.05, 0) is 79.6 Å². The minimum absolute atomic E-state index is 0.0401. The second kappa shape index (κ2) is 8.82. The Hall–Kier alpha value is -3.71. The minimum atomic E-state index is -0.504. The van der Waals surface area contributed by atoms with Gasteiger partial charge in [-0.1, -0.05) is 24.3 Å². The molecule has 1 saturated heterocycles. The predicted octanol–water partition coefficient (Wildman–Crippen LogP) is 3.90. The first-order valence-corrected chi connectivity index (χ1v) is 11.9. The van der Waals surface area contributed by atoms with Crippen molar-refractivity contribution in [1.82, 2.24) is 10.3 Å². The largest absolute Gasteiger partial charge is 0.381 e. The Morgan fingerprint density at radius 3 is 2.43 bits per heavy atom. The molecule has 0 unspecified atom stereocenters. The number of amides is 2. The first-order chi connectivity index (χ1) is 16.8. The van der Waals surface area contributed by atoms with Gasteiger partial charge in [-0.3, -0.25) is 14.4 Å². The zero-order valence-corrected chi connectivity index (χ0v) is 20.2. The molecular formula is C28H29N3O4. The summed E-state index contributed by atoms with van der Waals surface area (Å²) in [6, 6.07) is 13.7. The lowest BCUT2D eigenvalue weighted by Crippen LogP contribution is -2.39. The number of H-pyrrole nitrogens is 1. The predicted molar refractivity (Wildman–Crippen MR) is 135 cm³/mol. The van der Waals surface area contributed by atoms with Crippen molar-refractivity contribution in [2.75, 3.05) is 18.5 Å². The van der Waals surface area contributed by atoms with Gasteiger partial charge in [-0.15, -0.1) is 0 Å². The number of aryl methyl sites for hydroxylation is 3. The van der Waals surface area contributed by atoms with Crippen LogP contribution in [0.25, 0.3) is 11.1 Å². The molecule has 0 radical (unpaired) electrons. The van der Waals surface area contributed by atoms with E-state index >= 15 is 0 Å². The zero-order chi connectivity index (χ0) is 24.7. The molecule has 2 aliphatic rings. The summed E-state index contributed by atoms with van der Waals surface area (Å²) in [7, 11) is 0. The van der Waals surface area contributed by atoms with Crippen LogP contribution in [-0.2, 0) is 21.5 Å². The zero-order valence-electron chi connectivity index (χ0n) is 20.2. The second-order valence-electron chi connectivity index (χ2n) is 9.56. The number of anilines is 1. The normalized spacial score (nSPS) is 16.1. The van der Waals surface area contributed by atoms with E-state index in [1.807, 2.05) is 63.2 Å². The van der Waals surface area contributed by atoms with E-state index in [0.717, 1.165) is 39.2 Å². The van der Waals surface area contributed by atoms with Crippen LogP contribution in [0.5, 0.6) is 0 Å². The molecule has 7 heteroatoms. The van der Waals surface area contributed by atoms with Gasteiger partial charge >= 0.3 is 0 Å². The number of rotatable bonds is 4. The summed E-state index contributed by atoms with van der Waals surface area (Å²) in [6.07, 6.45) is 1.37. The Balaban J connectivity index is 1.40. The molecule has 5 rings (SSSR count). The standard InChI is InChI=1S/C28H29N3O4/c1-16-4-5-19(13-21(16)25(32)29-15-22-17(2)12-18(3)30-26(22)33)20-6-7-23-24(14-20)31-27(34)28(23)8-10-35-11-9-28/h4-7,12-14H,8-11,15H2,1-3H3,(H,29,32)(H,30,33)(H,31,34). The van der Waals surface area contributed by atoms with Gasteiger partial charge in [0.1, 0.15) is 0 Å². The highest BCUT2D eigenvalue weighted by Crippen LogP contribution is 2.45. The van der Waals surface area contributed by atoms with E-state index in [4.69, 9.17) is 4.74 Å². The fourth-order valence-corrected chi connectivity index (χ4v) is 5.24. The number of carbonyl (C=O) groups excluding carboxylic acids is 2. The number of nitrogens with one attached hydrogen (secondary N) is 3. The van der Waals surface area contributed by atoms with Gasteiger partial charge in [0.2, 0.25) is 5.91 Å². The molecule has 1 spiro atoms. The number of benzene rings is 2. The van der Waals surface area contributed by atoms with Crippen LogP contribution in [0.1, 0.15) is 51.1 Å². The maximum Gasteiger partial charge on any atom is 0.253 e. The third-order valence-corrected chi connectivity index (χ3v) is 7.30. The number of pyridine rings is 1. The molecule has 0 saturated carbocycles. The number of hydrogen-bond donors (Lipinski definition) is 3. The molecule has 0 aliphatic carbocycles. The SMILES string of the molecule is Cc1cc(C)c(CNC(=O)c2cc(-c3ccc4c(c3)NC(=O)C43CCOCC3)ccc2C)c(=O)[nH]1. The van der Waals surface area contributed by atoms with Crippen molar-refractivity contribution in [3.63, 3.8) is 0 Å². The van der Waals surface area contributed by atoms with Crippen molar-refractivity contribution in [3.05, 3.63) is 86.3 Å². The molecule has 1 fully saturated rings. The molecule has 35 heavy (non-hydrogen) atoms. The Kier molecular flexibility index (Phi) is 5.81. The lowest BCUT2D eigenvalue weighted by Gasteiger charge is -2.31. The van der Waals surface area contributed by atoms with Gasteiger partial charge < -0.3 is 20.4 Å². The number of carbonyl (C=O) groups is 2. The molecule has 3 aromatic rings. The maximum absolute atomic E-state index is 13.1. The number of aromatic amines is 1. The highest BCUT2D eigenvalue weighted by molar-refractivity contribution is 6.07. The molecule has 0 bridgehead atoms. The molecule has 2 aromatic carbocycles. The number of hydrogen-bond acceptors (Lipinski definition) is 4. The first kappa shape index (κ1) is 23.1. The van der Waals surface area contributed by atoms with Gasteiger partial charge in [0.15, 0.2) is 0 Å². The quantitative estimate of drug-likeness (QED) is 0.537. The topological polar surface area (TPSA) is 100 Å². The number of aromatic nitrogens is 1. The van der Waals surface area contributed by atoms with Gasteiger partial charge in [-0.25, -0.2) is 0 Å². The number of fused-ring (bicyclic) bond motifs is 2. The highest BCUT2D eigenvalue weighted by Gasteiger charge is 2.47. The second-order valence-corrected chi connectivity index (χ2v) is 9.56. The summed E-state index contributed by atoms with van der Waals surface area (Å²) >= 11 is 0. The van der Waals surface area contributed by atoms with E-state index in [-0.39, 0.29) is 23.9 Å².